The van der Waals surface area contributed by atoms with E-state index >= 15 is 0 Å². The van der Waals surface area contributed by atoms with Gasteiger partial charge < -0.3 is 5.11 Å². The fraction of sp³-hybridized carbons (Fsp3) is 0.667. The quantitative estimate of drug-likeness (QED) is 0.846. The van der Waals surface area contributed by atoms with Crippen molar-refractivity contribution in [1.82, 2.24) is 19.6 Å². The molecule has 0 saturated heterocycles. The summed E-state index contributed by atoms with van der Waals surface area (Å²) >= 11 is 0. The standard InChI is InChI=1S/C9H13F3N2.C9H16N2O/c1-4-14-7(6(2)3)5-8(13-14)9(10,11)12;1-7(2)9-6-8(3)10-11(9)4-5-12/h5-6H,4H2,1-3H3;6-7,12H,4-5H2,1-3H3. The SMILES string of the molecule is CCn1nc(C(F)(F)F)cc1C(C)C.Cc1cc(C(C)C)n(CCO)n1. The summed E-state index contributed by atoms with van der Waals surface area (Å²) in [4.78, 5) is 0. The van der Waals surface area contributed by atoms with Gasteiger partial charge in [0.05, 0.1) is 18.8 Å². The van der Waals surface area contributed by atoms with E-state index in [1.54, 1.807) is 6.92 Å². The minimum Gasteiger partial charge on any atom is -0.394 e. The first-order valence-electron chi connectivity index (χ1n) is 8.81. The molecule has 0 unspecified atom stereocenters. The number of aliphatic hydroxyl groups excluding tert-OH is 1. The van der Waals surface area contributed by atoms with Crippen LogP contribution in [-0.4, -0.2) is 31.3 Å². The van der Waals surface area contributed by atoms with Gasteiger partial charge in [0, 0.05) is 17.9 Å². The van der Waals surface area contributed by atoms with Gasteiger partial charge in [0.15, 0.2) is 5.69 Å². The van der Waals surface area contributed by atoms with E-state index < -0.39 is 11.9 Å². The van der Waals surface area contributed by atoms with Crippen molar-refractivity contribution < 1.29 is 18.3 Å². The lowest BCUT2D eigenvalue weighted by Crippen LogP contribution is -2.08. The van der Waals surface area contributed by atoms with Crippen molar-refractivity contribution in [3.8, 4) is 0 Å². The molecule has 2 aromatic heterocycles. The number of aliphatic hydroxyl groups is 1. The predicted molar refractivity (Wildman–Crippen MR) is 95.1 cm³/mol. The van der Waals surface area contributed by atoms with Crippen LogP contribution in [0.3, 0.4) is 0 Å². The van der Waals surface area contributed by atoms with Crippen LogP contribution in [0.15, 0.2) is 12.1 Å². The zero-order chi connectivity index (χ0) is 20.1. The molecule has 1 N–H and O–H groups in total. The Kier molecular flexibility index (Phi) is 7.87. The number of hydrogen-bond acceptors (Lipinski definition) is 3. The van der Waals surface area contributed by atoms with Crippen molar-refractivity contribution in [3.63, 3.8) is 0 Å². The molecule has 8 heteroatoms. The third kappa shape index (κ3) is 5.86. The van der Waals surface area contributed by atoms with Gasteiger partial charge in [0.1, 0.15) is 0 Å². The van der Waals surface area contributed by atoms with Crippen LogP contribution in [0.2, 0.25) is 0 Å². The average Bonchev–Trinajstić information content (AvgIpc) is 3.11. The molecule has 0 saturated carbocycles. The first-order chi connectivity index (χ1) is 12.0. The highest BCUT2D eigenvalue weighted by molar-refractivity contribution is 5.16. The van der Waals surface area contributed by atoms with Crippen LogP contribution in [0, 0.1) is 6.92 Å². The van der Waals surface area contributed by atoms with Gasteiger partial charge in [-0.1, -0.05) is 27.7 Å². The van der Waals surface area contributed by atoms with E-state index in [2.05, 4.69) is 30.1 Å². The van der Waals surface area contributed by atoms with Crippen molar-refractivity contribution >= 4 is 0 Å². The first-order valence-corrected chi connectivity index (χ1v) is 8.81. The molecule has 148 valence electrons. The Bertz CT molecular complexity index is 687. The van der Waals surface area contributed by atoms with E-state index in [0.717, 1.165) is 11.8 Å². The van der Waals surface area contributed by atoms with Crippen molar-refractivity contribution in [1.29, 1.82) is 0 Å². The molecule has 0 spiro atoms. The molecule has 0 radical (unpaired) electrons. The van der Waals surface area contributed by atoms with E-state index in [4.69, 9.17) is 5.11 Å². The number of nitrogens with zero attached hydrogens (tertiary/aromatic N) is 4. The van der Waals surface area contributed by atoms with E-state index in [-0.39, 0.29) is 12.5 Å². The third-order valence-corrected chi connectivity index (χ3v) is 3.83. The molecule has 0 amide bonds. The summed E-state index contributed by atoms with van der Waals surface area (Å²) in [6.07, 6.45) is -4.34. The second kappa shape index (κ2) is 9.21. The van der Waals surface area contributed by atoms with E-state index in [1.807, 2.05) is 25.5 Å². The highest BCUT2D eigenvalue weighted by Gasteiger charge is 2.34. The highest BCUT2D eigenvalue weighted by Crippen LogP contribution is 2.30. The molecule has 2 aromatic rings. The third-order valence-electron chi connectivity index (χ3n) is 3.83. The lowest BCUT2D eigenvalue weighted by Gasteiger charge is -2.07. The Morgan fingerprint density at radius 2 is 1.54 bits per heavy atom. The first kappa shape index (κ1) is 22.2. The number of hydrogen-bond donors (Lipinski definition) is 1. The molecule has 2 rings (SSSR count). The summed E-state index contributed by atoms with van der Waals surface area (Å²) in [6.45, 7) is 12.9. The summed E-state index contributed by atoms with van der Waals surface area (Å²) in [6, 6.07) is 3.19. The zero-order valence-corrected chi connectivity index (χ0v) is 16.3. The molecule has 0 aliphatic carbocycles. The molecule has 26 heavy (non-hydrogen) atoms. The molecule has 0 bridgehead atoms. The largest absolute Gasteiger partial charge is 0.435 e. The van der Waals surface area contributed by atoms with Gasteiger partial charge in [0.25, 0.3) is 0 Å². The molecule has 0 atom stereocenters. The van der Waals surface area contributed by atoms with Crippen LogP contribution in [0.25, 0.3) is 0 Å². The van der Waals surface area contributed by atoms with Crippen LogP contribution in [0.4, 0.5) is 13.2 Å². The van der Waals surface area contributed by atoms with Gasteiger partial charge in [0.2, 0.25) is 0 Å². The van der Waals surface area contributed by atoms with Crippen LogP contribution in [-0.2, 0) is 19.3 Å². The maximum absolute atomic E-state index is 12.3. The van der Waals surface area contributed by atoms with Crippen molar-refractivity contribution in [3.05, 3.63) is 34.9 Å². The Balaban J connectivity index is 0.000000263. The summed E-state index contributed by atoms with van der Waals surface area (Å²) in [5, 5.41) is 16.6. The fourth-order valence-corrected chi connectivity index (χ4v) is 2.59. The maximum atomic E-state index is 12.3. The second-order valence-electron chi connectivity index (χ2n) is 6.73. The lowest BCUT2D eigenvalue weighted by atomic mass is 10.1. The topological polar surface area (TPSA) is 55.9 Å². The van der Waals surface area contributed by atoms with Gasteiger partial charge in [-0.15, -0.1) is 0 Å². The van der Waals surface area contributed by atoms with E-state index in [0.29, 0.717) is 24.7 Å². The fourth-order valence-electron chi connectivity index (χ4n) is 2.59. The van der Waals surface area contributed by atoms with Gasteiger partial charge in [-0.25, -0.2) is 0 Å². The summed E-state index contributed by atoms with van der Waals surface area (Å²) < 4.78 is 40.2. The highest BCUT2D eigenvalue weighted by atomic mass is 19.4. The Labute approximate surface area is 152 Å². The lowest BCUT2D eigenvalue weighted by molar-refractivity contribution is -0.141. The zero-order valence-electron chi connectivity index (χ0n) is 16.3. The summed E-state index contributed by atoms with van der Waals surface area (Å²) in [5.74, 6) is 0.524. The van der Waals surface area contributed by atoms with Gasteiger partial charge in [-0.05, 0) is 37.8 Å². The molecule has 5 nitrogen and oxygen atoms in total. The van der Waals surface area contributed by atoms with Crippen LogP contribution in [0.1, 0.15) is 69.2 Å². The molecule has 0 aromatic carbocycles. The molecular weight excluding hydrogens is 345 g/mol. The summed E-state index contributed by atoms with van der Waals surface area (Å²) in [5.41, 5.74) is 2.04. The van der Waals surface area contributed by atoms with E-state index in [9.17, 15) is 13.2 Å². The van der Waals surface area contributed by atoms with Crippen LogP contribution >= 0.6 is 0 Å². The normalized spacial score (nSPS) is 11.8. The smallest absolute Gasteiger partial charge is 0.394 e. The molecule has 2 heterocycles. The van der Waals surface area contributed by atoms with Crippen molar-refractivity contribution in [2.75, 3.05) is 6.61 Å². The summed E-state index contributed by atoms with van der Waals surface area (Å²) in [7, 11) is 0. The van der Waals surface area contributed by atoms with Crippen molar-refractivity contribution in [2.45, 2.75) is 72.6 Å². The van der Waals surface area contributed by atoms with Crippen LogP contribution < -0.4 is 0 Å². The minimum atomic E-state index is -4.34. The molecule has 0 aliphatic rings. The number of halogens is 3. The van der Waals surface area contributed by atoms with Crippen molar-refractivity contribution in [2.24, 2.45) is 0 Å². The molecule has 0 fully saturated rings. The van der Waals surface area contributed by atoms with E-state index in [1.165, 1.54) is 10.4 Å². The number of aromatic nitrogens is 4. The Morgan fingerprint density at radius 1 is 1.00 bits per heavy atom. The number of rotatable bonds is 5. The molecular formula is C18H29F3N4O. The Morgan fingerprint density at radius 3 is 1.92 bits per heavy atom. The Hall–Kier alpha value is -1.83. The second-order valence-corrected chi connectivity index (χ2v) is 6.73. The predicted octanol–water partition coefficient (Wildman–Crippen LogP) is 4.35. The van der Waals surface area contributed by atoms with Gasteiger partial charge in [-0.2, -0.15) is 23.4 Å². The molecule has 0 aliphatic heterocycles. The average molecular weight is 374 g/mol. The van der Waals surface area contributed by atoms with Gasteiger partial charge >= 0.3 is 6.18 Å². The minimum absolute atomic E-state index is 0.0542. The monoisotopic (exact) mass is 374 g/mol. The number of alkyl halides is 3. The van der Waals surface area contributed by atoms with Crippen LogP contribution in [0.5, 0.6) is 0 Å². The number of aryl methyl sites for hydroxylation is 2. The maximum Gasteiger partial charge on any atom is 0.435 e. The van der Waals surface area contributed by atoms with Gasteiger partial charge in [-0.3, -0.25) is 9.36 Å².